The van der Waals surface area contributed by atoms with Gasteiger partial charge in [0.1, 0.15) is 0 Å². The van der Waals surface area contributed by atoms with Gasteiger partial charge in [-0.2, -0.15) is 0 Å². The number of rotatable bonds is 8. The maximum Gasteiger partial charge on any atom is 0.413 e. The average molecular weight is 353 g/mol. The molecule has 0 atom stereocenters. The molecule has 1 rings (SSSR count). The molecule has 2 amide bonds. The van der Waals surface area contributed by atoms with Crippen molar-refractivity contribution in [2.24, 2.45) is 0 Å². The van der Waals surface area contributed by atoms with Gasteiger partial charge in [-0.15, -0.1) is 0 Å². The number of Topliss-reactive ketones (excluding diaryl/α,β-unsaturated/α-hetero) is 1. The zero-order valence-electron chi connectivity index (χ0n) is 14.1. The monoisotopic (exact) mass is 353 g/mol. The average Bonchev–Trinajstić information content (AvgIpc) is 2.57. The molecule has 0 aliphatic rings. The van der Waals surface area contributed by atoms with E-state index < -0.39 is 31.2 Å². The van der Waals surface area contributed by atoms with Crippen LogP contribution in [0.25, 0.3) is 0 Å². The van der Waals surface area contributed by atoms with E-state index in [1.165, 1.54) is 32.2 Å². The number of carbonyl (C=O) groups is 4. The molecule has 1 aromatic carbocycles. The number of carbonyl (C=O) groups excluding carboxylic acids is 4. The second kappa shape index (κ2) is 9.91. The standard InChI is InChI=1S/C16H19NO8/c1-4-23-16(21)17-14(19)8-25-15(20)9-24-12-6-5-11(10(2)18)7-13(12)22-3/h5-7H,4,8-9H2,1-3H3,(H,17,19,21). The van der Waals surface area contributed by atoms with Crippen LogP contribution in [0.15, 0.2) is 18.2 Å². The number of hydrogen-bond donors (Lipinski definition) is 1. The molecule has 0 saturated heterocycles. The second-order valence-corrected chi connectivity index (χ2v) is 4.64. The first-order valence-corrected chi connectivity index (χ1v) is 7.31. The highest BCUT2D eigenvalue weighted by Gasteiger charge is 2.14. The first-order valence-electron chi connectivity index (χ1n) is 7.31. The Bertz CT molecular complexity index is 656. The molecule has 0 heterocycles. The lowest BCUT2D eigenvalue weighted by Crippen LogP contribution is -2.35. The quantitative estimate of drug-likeness (QED) is 0.545. The fourth-order valence-electron chi connectivity index (χ4n) is 1.65. The Labute approximate surface area is 144 Å². The molecule has 0 unspecified atom stereocenters. The van der Waals surface area contributed by atoms with E-state index in [9.17, 15) is 19.2 Å². The summed E-state index contributed by atoms with van der Waals surface area (Å²) in [6, 6.07) is 4.49. The molecule has 0 aliphatic heterocycles. The molecule has 0 radical (unpaired) electrons. The minimum atomic E-state index is -0.921. The smallest absolute Gasteiger partial charge is 0.413 e. The molecule has 9 nitrogen and oxygen atoms in total. The van der Waals surface area contributed by atoms with Crippen LogP contribution < -0.4 is 14.8 Å². The Kier molecular flexibility index (Phi) is 7.91. The van der Waals surface area contributed by atoms with Gasteiger partial charge < -0.3 is 18.9 Å². The largest absolute Gasteiger partial charge is 0.493 e. The van der Waals surface area contributed by atoms with E-state index in [2.05, 4.69) is 9.47 Å². The van der Waals surface area contributed by atoms with E-state index in [-0.39, 0.29) is 23.9 Å². The van der Waals surface area contributed by atoms with Crippen molar-refractivity contribution in [2.75, 3.05) is 26.9 Å². The molecule has 0 aromatic heterocycles. The van der Waals surface area contributed by atoms with Crippen LogP contribution in [0.1, 0.15) is 24.2 Å². The molecule has 0 saturated carbocycles. The predicted octanol–water partition coefficient (Wildman–Crippen LogP) is 1.09. The van der Waals surface area contributed by atoms with Crippen molar-refractivity contribution in [2.45, 2.75) is 13.8 Å². The minimum absolute atomic E-state index is 0.108. The highest BCUT2D eigenvalue weighted by Crippen LogP contribution is 2.28. The van der Waals surface area contributed by atoms with E-state index in [1.807, 2.05) is 5.32 Å². The van der Waals surface area contributed by atoms with Crippen LogP contribution in [-0.2, 0) is 19.1 Å². The van der Waals surface area contributed by atoms with Crippen molar-refractivity contribution >= 4 is 23.8 Å². The van der Waals surface area contributed by atoms with E-state index >= 15 is 0 Å². The first-order chi connectivity index (χ1) is 11.9. The minimum Gasteiger partial charge on any atom is -0.493 e. The molecule has 25 heavy (non-hydrogen) atoms. The summed E-state index contributed by atoms with van der Waals surface area (Å²) in [5.41, 5.74) is 0.433. The summed E-state index contributed by atoms with van der Waals surface area (Å²) < 4.78 is 19.5. The summed E-state index contributed by atoms with van der Waals surface area (Å²) in [6.45, 7) is 1.97. The normalized spacial score (nSPS) is 9.72. The summed E-state index contributed by atoms with van der Waals surface area (Å²) in [5.74, 6) is -1.27. The Morgan fingerprint density at radius 2 is 1.76 bits per heavy atom. The Morgan fingerprint density at radius 1 is 1.04 bits per heavy atom. The van der Waals surface area contributed by atoms with Gasteiger partial charge in [-0.1, -0.05) is 0 Å². The first kappa shape index (κ1) is 19.9. The number of imide groups is 1. The van der Waals surface area contributed by atoms with Gasteiger partial charge in [0.2, 0.25) is 0 Å². The molecular weight excluding hydrogens is 334 g/mol. The highest BCUT2D eigenvalue weighted by molar-refractivity contribution is 5.95. The lowest BCUT2D eigenvalue weighted by Gasteiger charge is -2.11. The lowest BCUT2D eigenvalue weighted by atomic mass is 10.1. The van der Waals surface area contributed by atoms with Gasteiger partial charge in [0.25, 0.3) is 5.91 Å². The van der Waals surface area contributed by atoms with Gasteiger partial charge in [0.15, 0.2) is 30.5 Å². The van der Waals surface area contributed by atoms with Crippen LogP contribution in [-0.4, -0.2) is 50.7 Å². The van der Waals surface area contributed by atoms with Crippen LogP contribution in [0.2, 0.25) is 0 Å². The number of esters is 1. The second-order valence-electron chi connectivity index (χ2n) is 4.64. The van der Waals surface area contributed by atoms with Gasteiger partial charge in [-0.25, -0.2) is 9.59 Å². The number of nitrogens with one attached hydrogen (secondary N) is 1. The number of ether oxygens (including phenoxy) is 4. The van der Waals surface area contributed by atoms with Crippen molar-refractivity contribution in [1.82, 2.24) is 5.32 Å². The summed E-state index contributed by atoms with van der Waals surface area (Å²) in [6.07, 6.45) is -0.921. The van der Waals surface area contributed by atoms with E-state index in [0.717, 1.165) is 0 Å². The zero-order valence-corrected chi connectivity index (χ0v) is 14.1. The molecular formula is C16H19NO8. The number of alkyl carbamates (subject to hydrolysis) is 1. The van der Waals surface area contributed by atoms with Crippen molar-refractivity contribution in [3.63, 3.8) is 0 Å². The van der Waals surface area contributed by atoms with Gasteiger partial charge in [0.05, 0.1) is 13.7 Å². The maximum absolute atomic E-state index is 11.6. The molecule has 0 aliphatic carbocycles. The molecule has 9 heteroatoms. The Morgan fingerprint density at radius 3 is 2.36 bits per heavy atom. The fraction of sp³-hybridized carbons (Fsp3) is 0.375. The third-order valence-corrected chi connectivity index (χ3v) is 2.80. The SMILES string of the molecule is CCOC(=O)NC(=O)COC(=O)COc1ccc(C(C)=O)cc1OC. The fourth-order valence-corrected chi connectivity index (χ4v) is 1.65. The Hall–Kier alpha value is -3.10. The van der Waals surface area contributed by atoms with Crippen LogP contribution in [0.4, 0.5) is 4.79 Å². The van der Waals surface area contributed by atoms with E-state index in [4.69, 9.17) is 9.47 Å². The molecule has 0 bridgehead atoms. The number of amides is 2. The van der Waals surface area contributed by atoms with Crippen molar-refractivity contribution < 1.29 is 38.1 Å². The summed E-state index contributed by atoms with van der Waals surface area (Å²) >= 11 is 0. The third-order valence-electron chi connectivity index (χ3n) is 2.80. The molecule has 0 spiro atoms. The highest BCUT2D eigenvalue weighted by atomic mass is 16.6. The van der Waals surface area contributed by atoms with Gasteiger partial charge >= 0.3 is 12.1 Å². The van der Waals surface area contributed by atoms with E-state index in [0.29, 0.717) is 5.56 Å². The molecule has 1 N–H and O–H groups in total. The lowest BCUT2D eigenvalue weighted by molar-refractivity contribution is -0.150. The number of benzene rings is 1. The van der Waals surface area contributed by atoms with Gasteiger partial charge in [-0.3, -0.25) is 14.9 Å². The number of hydrogen-bond acceptors (Lipinski definition) is 8. The Balaban J connectivity index is 2.47. The third kappa shape index (κ3) is 6.90. The van der Waals surface area contributed by atoms with Crippen LogP contribution >= 0.6 is 0 Å². The van der Waals surface area contributed by atoms with Gasteiger partial charge in [0, 0.05) is 5.56 Å². The molecule has 0 fully saturated rings. The number of ketones is 1. The topological polar surface area (TPSA) is 117 Å². The molecule has 136 valence electrons. The maximum atomic E-state index is 11.6. The number of methoxy groups -OCH3 is 1. The van der Waals surface area contributed by atoms with Crippen molar-refractivity contribution in [3.8, 4) is 11.5 Å². The summed E-state index contributed by atoms with van der Waals surface area (Å²) in [5, 5.41) is 1.87. The van der Waals surface area contributed by atoms with Crippen LogP contribution in [0.5, 0.6) is 11.5 Å². The van der Waals surface area contributed by atoms with Crippen molar-refractivity contribution in [1.29, 1.82) is 0 Å². The van der Waals surface area contributed by atoms with Crippen LogP contribution in [0.3, 0.4) is 0 Å². The van der Waals surface area contributed by atoms with Crippen LogP contribution in [0, 0.1) is 0 Å². The summed E-state index contributed by atoms with van der Waals surface area (Å²) in [4.78, 5) is 45.2. The zero-order chi connectivity index (χ0) is 18.8. The van der Waals surface area contributed by atoms with Crippen molar-refractivity contribution in [3.05, 3.63) is 23.8 Å². The predicted molar refractivity (Wildman–Crippen MR) is 84.6 cm³/mol. The molecule has 1 aromatic rings. The van der Waals surface area contributed by atoms with E-state index in [1.54, 1.807) is 6.92 Å². The summed E-state index contributed by atoms with van der Waals surface area (Å²) in [7, 11) is 1.39. The van der Waals surface area contributed by atoms with Gasteiger partial charge in [-0.05, 0) is 32.0 Å².